The Kier molecular flexibility index (Phi) is 5.86. The van der Waals surface area contributed by atoms with E-state index >= 15 is 0 Å². The lowest BCUT2D eigenvalue weighted by Gasteiger charge is -2.57. The monoisotopic (exact) mass is 462 g/mol. The molecule has 4 bridgehead atoms. The molecule has 7 rings (SSSR count). The molecule has 0 saturated heterocycles. The largest absolute Gasteiger partial charge is 0.481 e. The first-order valence-electron chi connectivity index (χ1n) is 13.5. The number of hydrogen-bond donors (Lipinski definition) is 1. The molecule has 1 unspecified atom stereocenters. The van der Waals surface area contributed by atoms with Gasteiger partial charge >= 0.3 is 0 Å². The summed E-state index contributed by atoms with van der Waals surface area (Å²) in [6.45, 7) is 3.37. The number of nitrogens with one attached hydrogen (secondary N) is 1. The highest BCUT2D eigenvalue weighted by molar-refractivity contribution is 5.80. The van der Waals surface area contributed by atoms with Gasteiger partial charge in [0, 0.05) is 25.9 Å². The van der Waals surface area contributed by atoms with E-state index in [1.54, 1.807) is 0 Å². The van der Waals surface area contributed by atoms with Crippen molar-refractivity contribution in [2.75, 3.05) is 6.54 Å². The Bertz CT molecular complexity index is 992. The van der Waals surface area contributed by atoms with Crippen LogP contribution in [-0.2, 0) is 29.6 Å². The molecule has 2 heterocycles. The van der Waals surface area contributed by atoms with Crippen molar-refractivity contribution < 1.29 is 9.53 Å². The highest BCUT2D eigenvalue weighted by atomic mass is 16.5. The van der Waals surface area contributed by atoms with Gasteiger partial charge in [0.2, 0.25) is 0 Å². The number of rotatable bonds is 7. The fourth-order valence-corrected chi connectivity index (χ4v) is 7.78. The Morgan fingerprint density at radius 1 is 1.06 bits per heavy atom. The minimum absolute atomic E-state index is 0.0826. The van der Waals surface area contributed by atoms with Gasteiger partial charge in [-0.15, -0.1) is 10.2 Å². The SMILES string of the molecule is CC(Oc1ccc(C23CC4CC(CC(C4)C2)C3)cc1)C(=O)NCCc1nnc2n1CCCCC2. The summed E-state index contributed by atoms with van der Waals surface area (Å²) in [5.41, 5.74) is 1.89. The van der Waals surface area contributed by atoms with E-state index in [-0.39, 0.29) is 5.91 Å². The van der Waals surface area contributed by atoms with Crippen LogP contribution < -0.4 is 10.1 Å². The third kappa shape index (κ3) is 4.25. The van der Waals surface area contributed by atoms with Gasteiger partial charge in [0.25, 0.3) is 5.91 Å². The Morgan fingerprint density at radius 3 is 2.47 bits per heavy atom. The molecule has 4 aliphatic carbocycles. The second kappa shape index (κ2) is 9.01. The van der Waals surface area contributed by atoms with Crippen LogP contribution >= 0.6 is 0 Å². The molecule has 1 amide bonds. The second-order valence-electron chi connectivity index (χ2n) is 11.5. The second-order valence-corrected chi connectivity index (χ2v) is 11.5. The van der Waals surface area contributed by atoms with E-state index in [2.05, 4.69) is 44.3 Å². The van der Waals surface area contributed by atoms with Crippen molar-refractivity contribution in [3.63, 3.8) is 0 Å². The molecule has 4 fully saturated rings. The third-order valence-electron chi connectivity index (χ3n) is 9.02. The van der Waals surface area contributed by atoms with Crippen LogP contribution in [0.2, 0.25) is 0 Å². The zero-order valence-corrected chi connectivity index (χ0v) is 20.5. The fourth-order valence-electron chi connectivity index (χ4n) is 7.78. The molecule has 182 valence electrons. The molecule has 1 aromatic carbocycles. The maximum absolute atomic E-state index is 12.6. The van der Waals surface area contributed by atoms with Crippen LogP contribution in [0, 0.1) is 17.8 Å². The smallest absolute Gasteiger partial charge is 0.260 e. The Morgan fingerprint density at radius 2 is 1.76 bits per heavy atom. The van der Waals surface area contributed by atoms with Crippen LogP contribution in [0.1, 0.15) is 81.9 Å². The molecule has 1 aromatic heterocycles. The summed E-state index contributed by atoms with van der Waals surface area (Å²) in [7, 11) is 0. The highest BCUT2D eigenvalue weighted by Gasteiger charge is 2.51. The minimum atomic E-state index is -0.527. The quantitative estimate of drug-likeness (QED) is 0.653. The molecule has 34 heavy (non-hydrogen) atoms. The molecule has 2 aromatic rings. The van der Waals surface area contributed by atoms with Gasteiger partial charge in [-0.3, -0.25) is 4.79 Å². The Labute approximate surface area is 202 Å². The number of hydrogen-bond acceptors (Lipinski definition) is 4. The summed E-state index contributed by atoms with van der Waals surface area (Å²) in [4.78, 5) is 12.6. The average molecular weight is 463 g/mol. The number of nitrogens with zero attached hydrogens (tertiary/aromatic N) is 3. The number of benzene rings is 1. The maximum Gasteiger partial charge on any atom is 0.260 e. The maximum atomic E-state index is 12.6. The van der Waals surface area contributed by atoms with Gasteiger partial charge in [-0.25, -0.2) is 0 Å². The van der Waals surface area contributed by atoms with Crippen molar-refractivity contribution in [3.05, 3.63) is 41.5 Å². The first-order valence-corrected chi connectivity index (χ1v) is 13.5. The summed E-state index contributed by atoms with van der Waals surface area (Å²) in [6, 6.07) is 8.68. The molecule has 0 radical (unpaired) electrons. The lowest BCUT2D eigenvalue weighted by Crippen LogP contribution is -2.48. The summed E-state index contributed by atoms with van der Waals surface area (Å²) < 4.78 is 8.24. The van der Waals surface area contributed by atoms with E-state index in [1.165, 1.54) is 63.4 Å². The Hall–Kier alpha value is -2.37. The van der Waals surface area contributed by atoms with E-state index in [0.717, 1.165) is 48.1 Å². The Balaban J connectivity index is 1.02. The fraction of sp³-hybridized carbons (Fsp3) is 0.679. The van der Waals surface area contributed by atoms with Gasteiger partial charge in [-0.2, -0.15) is 0 Å². The van der Waals surface area contributed by atoms with Gasteiger partial charge in [0.1, 0.15) is 17.4 Å². The number of fused-ring (bicyclic) bond motifs is 1. The number of aromatic nitrogens is 3. The molecule has 1 atom stereocenters. The van der Waals surface area contributed by atoms with Gasteiger partial charge in [-0.05, 0) is 99.2 Å². The van der Waals surface area contributed by atoms with Crippen LogP contribution in [0.3, 0.4) is 0 Å². The molecular weight excluding hydrogens is 424 g/mol. The normalized spacial score (nSPS) is 30.4. The topological polar surface area (TPSA) is 69.0 Å². The molecular formula is C28H38N4O2. The predicted molar refractivity (Wildman–Crippen MR) is 131 cm³/mol. The lowest BCUT2D eigenvalue weighted by atomic mass is 9.48. The van der Waals surface area contributed by atoms with E-state index < -0.39 is 6.10 Å². The first kappa shape index (κ1) is 22.1. The molecule has 1 aliphatic heterocycles. The number of amides is 1. The molecule has 1 N–H and O–H groups in total. The van der Waals surface area contributed by atoms with Gasteiger partial charge in [-0.1, -0.05) is 18.6 Å². The number of carbonyl (C=O) groups is 1. The molecule has 5 aliphatic rings. The van der Waals surface area contributed by atoms with Crippen molar-refractivity contribution in [1.29, 1.82) is 0 Å². The summed E-state index contributed by atoms with van der Waals surface area (Å²) in [6.07, 6.45) is 13.3. The van der Waals surface area contributed by atoms with Gasteiger partial charge < -0.3 is 14.6 Å². The van der Waals surface area contributed by atoms with Crippen LogP contribution in [-0.4, -0.2) is 33.3 Å². The number of carbonyl (C=O) groups excluding carboxylic acids is 1. The van der Waals surface area contributed by atoms with E-state index in [1.807, 2.05) is 6.92 Å². The van der Waals surface area contributed by atoms with Gasteiger partial charge in [0.15, 0.2) is 6.10 Å². The first-order chi connectivity index (χ1) is 16.6. The van der Waals surface area contributed by atoms with E-state index in [9.17, 15) is 4.79 Å². The zero-order chi connectivity index (χ0) is 23.1. The zero-order valence-electron chi connectivity index (χ0n) is 20.5. The van der Waals surface area contributed by atoms with E-state index in [4.69, 9.17) is 4.74 Å². The highest BCUT2D eigenvalue weighted by Crippen LogP contribution is 2.60. The van der Waals surface area contributed by atoms with E-state index in [0.29, 0.717) is 18.4 Å². The molecule has 6 heteroatoms. The van der Waals surface area contributed by atoms with Crippen LogP contribution in [0.15, 0.2) is 24.3 Å². The van der Waals surface area contributed by atoms with Crippen molar-refractivity contribution in [1.82, 2.24) is 20.1 Å². The van der Waals surface area contributed by atoms with Crippen LogP contribution in [0.4, 0.5) is 0 Å². The minimum Gasteiger partial charge on any atom is -0.481 e. The summed E-state index contributed by atoms with van der Waals surface area (Å²) >= 11 is 0. The summed E-state index contributed by atoms with van der Waals surface area (Å²) in [5.74, 6) is 5.59. The van der Waals surface area contributed by atoms with Gasteiger partial charge in [0.05, 0.1) is 0 Å². The van der Waals surface area contributed by atoms with Crippen molar-refractivity contribution in [2.24, 2.45) is 17.8 Å². The summed E-state index contributed by atoms with van der Waals surface area (Å²) in [5, 5.41) is 11.7. The number of aryl methyl sites for hydroxylation is 1. The predicted octanol–water partition coefficient (Wildman–Crippen LogP) is 4.60. The standard InChI is InChI=1S/C28H38N4O2/c1-19(27(33)29-11-10-26-31-30-25-5-3-2-4-12-32(25)26)34-24-8-6-23(7-9-24)28-16-20-13-21(17-28)15-22(14-20)18-28/h6-9,19-22H,2-5,10-18H2,1H3,(H,29,33). The molecule has 0 spiro atoms. The van der Waals surface area contributed by atoms with Crippen molar-refractivity contribution in [3.8, 4) is 5.75 Å². The van der Waals surface area contributed by atoms with Crippen LogP contribution in [0.5, 0.6) is 5.75 Å². The molecule has 6 nitrogen and oxygen atoms in total. The van der Waals surface area contributed by atoms with Crippen LogP contribution in [0.25, 0.3) is 0 Å². The lowest BCUT2D eigenvalue weighted by molar-refractivity contribution is -0.127. The average Bonchev–Trinajstić information content (AvgIpc) is 3.04. The third-order valence-corrected chi connectivity index (χ3v) is 9.02. The molecule has 4 saturated carbocycles. The number of ether oxygens (including phenoxy) is 1. The van der Waals surface area contributed by atoms with Crippen molar-refractivity contribution >= 4 is 5.91 Å². The van der Waals surface area contributed by atoms with Crippen molar-refractivity contribution in [2.45, 2.75) is 95.6 Å².